The molecule has 0 saturated heterocycles. The van der Waals surface area contributed by atoms with Gasteiger partial charge in [-0.25, -0.2) is 0 Å². The Morgan fingerprint density at radius 2 is 0.556 bits per heavy atom. The smallest absolute Gasteiger partial charge is 0.00615 e. The first-order valence-electron chi connectivity index (χ1n) is 37.7. The zero-order valence-corrected chi connectivity index (χ0v) is 63.3. The zero-order valence-electron chi connectivity index (χ0n) is 63.3. The first-order valence-corrected chi connectivity index (χ1v) is 37.7. The van der Waals surface area contributed by atoms with Gasteiger partial charge in [0.2, 0.25) is 0 Å². The first-order chi connectivity index (χ1) is 47.2. The van der Waals surface area contributed by atoms with E-state index in [1.54, 1.807) is 33.4 Å². The monoisotopic (exact) mass is 1290 g/mol. The third kappa shape index (κ3) is 10.5. The lowest BCUT2D eigenvalue weighted by molar-refractivity contribution is 0.298. The van der Waals surface area contributed by atoms with Crippen molar-refractivity contribution in [2.45, 2.75) is 217 Å². The minimum Gasteiger partial charge on any atom is -0.0624 e. The number of rotatable bonds is 2. The molecule has 0 unspecified atom stereocenters. The summed E-state index contributed by atoms with van der Waals surface area (Å²) >= 11 is 0. The summed E-state index contributed by atoms with van der Waals surface area (Å²) in [5, 5.41) is 10.9. The standard InChI is InChI=1S/C27H28.C26H32.C24H22.C22H24/c1-15-8-16(2)10-22(9-15)27-21(7)23-11-17(3)18(4)12-24(23)25-13-19(5)20(6)14-26(25)27;1-15-11-25-13-16(2)14-26(25,12-15)24-10-20(6)18(4)8-22(24)21-7-17(3)19(5)9-23(21)25;1-15-5-9-19(10-6-15)24-18(4)22-13-16(2)7-11-20(22)21-12-8-17(3)14-23(21)24;1-15-5-7-17-18-8-6-16(2)14-20(18)22-11-3-9-21(22,10-4-12-22)19(17)13-15/h8-14H,1-7H3;7-10,15-16H,11-14H2,1-6H3;5-14H,1-4H3;5-8,13-14H,3-4,9-12H2,1-2H3. The lowest BCUT2D eigenvalue weighted by Crippen LogP contribution is -2.43. The van der Waals surface area contributed by atoms with E-state index in [2.05, 4.69) is 295 Å². The second-order valence-corrected chi connectivity index (χ2v) is 33.4. The Balaban J connectivity index is 0.000000108. The van der Waals surface area contributed by atoms with Crippen molar-refractivity contribution in [1.29, 1.82) is 0 Å². The predicted molar refractivity (Wildman–Crippen MR) is 429 cm³/mol. The molecule has 0 heterocycles. The number of hydrogen-bond donors (Lipinski definition) is 0. The minimum absolute atomic E-state index is 0.369. The quantitative estimate of drug-likeness (QED) is 0.151. The average molecular weight is 1300 g/mol. The van der Waals surface area contributed by atoms with E-state index in [9.17, 15) is 0 Å². The Labute approximate surface area is 593 Å². The van der Waals surface area contributed by atoms with E-state index < -0.39 is 0 Å². The van der Waals surface area contributed by atoms with Gasteiger partial charge in [-0.05, 0) is 346 Å². The third-order valence-electron chi connectivity index (χ3n) is 26.4. The summed E-state index contributed by atoms with van der Waals surface area (Å²) < 4.78 is 0. The fourth-order valence-corrected chi connectivity index (χ4v) is 21.7. The van der Waals surface area contributed by atoms with E-state index in [1.165, 1.54) is 235 Å². The van der Waals surface area contributed by atoms with Crippen molar-refractivity contribution in [2.75, 3.05) is 0 Å². The Morgan fingerprint density at radius 1 is 0.232 bits per heavy atom. The van der Waals surface area contributed by atoms with Gasteiger partial charge in [0.1, 0.15) is 0 Å². The predicted octanol–water partition coefficient (Wildman–Crippen LogP) is 27.5. The Morgan fingerprint density at radius 3 is 1.02 bits per heavy atom. The molecule has 0 N–H and O–H groups in total. The SMILES string of the molecule is Cc1cc(C)cc(-c2c(C)c3cc(C)c(C)cc3c3cc(C)c(C)cc23)c1.Cc1cc2c(cc1C)C13CC(C)CC1(CC(C)C3)c1cc(C)c(C)cc1-2.Cc1ccc(-c2c(C)c3cc(C)ccc3c3ccc(C)cc23)cc1.Cc1ccc2c(c1)C13CCCC1(CCC3)c1cc(C)ccc1-2. The summed E-state index contributed by atoms with van der Waals surface area (Å²) in [6, 6.07) is 63.6. The van der Waals surface area contributed by atoms with Gasteiger partial charge in [-0.1, -0.05) is 229 Å². The highest BCUT2D eigenvalue weighted by molar-refractivity contribution is 6.17. The molecule has 99 heavy (non-hydrogen) atoms. The second kappa shape index (κ2) is 24.5. The van der Waals surface area contributed by atoms with E-state index in [4.69, 9.17) is 0 Å². The molecule has 0 atom stereocenters. The maximum atomic E-state index is 2.58. The van der Waals surface area contributed by atoms with Crippen LogP contribution in [0.5, 0.6) is 0 Å². The molecule has 12 aromatic carbocycles. The number of fused-ring (bicyclic) bond motifs is 12. The molecular weight excluding hydrogens is 1190 g/mol. The van der Waals surface area contributed by atoms with Crippen LogP contribution in [0.4, 0.5) is 0 Å². The highest BCUT2D eigenvalue weighted by Gasteiger charge is 2.66. The topological polar surface area (TPSA) is 0 Å². The lowest BCUT2D eigenvalue weighted by Gasteiger charge is -2.48. The molecule has 0 aliphatic heterocycles. The fourth-order valence-electron chi connectivity index (χ4n) is 21.7. The van der Waals surface area contributed by atoms with Crippen molar-refractivity contribution in [3.8, 4) is 44.5 Å². The second-order valence-electron chi connectivity index (χ2n) is 33.4. The van der Waals surface area contributed by atoms with Crippen molar-refractivity contribution < 1.29 is 0 Å². The summed E-state index contributed by atoms with van der Waals surface area (Å²) in [5.74, 6) is 1.65. The van der Waals surface area contributed by atoms with Gasteiger partial charge in [0.05, 0.1) is 0 Å². The molecular formula is C99H106. The van der Waals surface area contributed by atoms with Crippen molar-refractivity contribution in [3.63, 3.8) is 0 Å². The maximum Gasteiger partial charge on any atom is 0.00615 e. The van der Waals surface area contributed by atoms with Crippen LogP contribution in [0, 0.1) is 130 Å². The summed E-state index contributed by atoms with van der Waals surface area (Å²) in [7, 11) is 0. The normalized spacial score (nSPS) is 21.8. The number of aryl methyl sites for hydroxylation is 17. The molecule has 0 radical (unpaired) electrons. The minimum atomic E-state index is 0.369. The molecule has 4 saturated carbocycles. The maximum absolute atomic E-state index is 2.58. The number of benzene rings is 12. The summed E-state index contributed by atoms with van der Waals surface area (Å²) in [6.45, 7) is 43.0. The molecule has 6 aliphatic carbocycles. The van der Waals surface area contributed by atoms with E-state index >= 15 is 0 Å². The van der Waals surface area contributed by atoms with Crippen molar-refractivity contribution in [1.82, 2.24) is 0 Å². The molecule has 0 heteroatoms. The molecule has 0 aromatic heterocycles. The van der Waals surface area contributed by atoms with Crippen LogP contribution in [-0.2, 0) is 21.7 Å². The summed E-state index contributed by atoms with van der Waals surface area (Å²) in [4.78, 5) is 0. The third-order valence-corrected chi connectivity index (χ3v) is 26.4. The van der Waals surface area contributed by atoms with E-state index in [1.807, 2.05) is 0 Å². The van der Waals surface area contributed by atoms with Gasteiger partial charge in [0.25, 0.3) is 0 Å². The first kappa shape index (κ1) is 66.6. The zero-order chi connectivity index (χ0) is 69.7. The highest BCUT2D eigenvalue weighted by Crippen LogP contribution is 2.72. The van der Waals surface area contributed by atoms with E-state index in [-0.39, 0.29) is 0 Å². The number of hydrogen-bond acceptors (Lipinski definition) is 0. The van der Waals surface area contributed by atoms with Gasteiger partial charge in [0.15, 0.2) is 0 Å². The van der Waals surface area contributed by atoms with Crippen LogP contribution in [0.3, 0.4) is 0 Å². The molecule has 0 nitrogen and oxygen atoms in total. The van der Waals surface area contributed by atoms with Crippen LogP contribution in [0.25, 0.3) is 87.6 Å². The Kier molecular flexibility index (Phi) is 16.5. The van der Waals surface area contributed by atoms with Crippen LogP contribution in [-0.4, -0.2) is 0 Å². The van der Waals surface area contributed by atoms with Crippen molar-refractivity contribution in [3.05, 3.63) is 281 Å². The van der Waals surface area contributed by atoms with Gasteiger partial charge in [0, 0.05) is 21.7 Å². The van der Waals surface area contributed by atoms with Gasteiger partial charge >= 0.3 is 0 Å². The van der Waals surface area contributed by atoms with Gasteiger partial charge in [-0.2, -0.15) is 0 Å². The van der Waals surface area contributed by atoms with Crippen LogP contribution >= 0.6 is 0 Å². The molecule has 4 fully saturated rings. The molecule has 12 aromatic rings. The molecule has 0 amide bonds. The van der Waals surface area contributed by atoms with Crippen molar-refractivity contribution in [2.24, 2.45) is 11.8 Å². The van der Waals surface area contributed by atoms with Gasteiger partial charge < -0.3 is 0 Å². The fraction of sp³-hybridized carbons (Fsp3) is 0.354. The van der Waals surface area contributed by atoms with Crippen LogP contribution < -0.4 is 0 Å². The van der Waals surface area contributed by atoms with Gasteiger partial charge in [-0.15, -0.1) is 0 Å². The van der Waals surface area contributed by atoms with Crippen molar-refractivity contribution >= 4 is 43.1 Å². The molecule has 0 spiro atoms. The van der Waals surface area contributed by atoms with E-state index in [0.29, 0.717) is 21.7 Å². The summed E-state index contributed by atoms with van der Waals surface area (Å²) in [5.41, 5.74) is 43.3. The largest absolute Gasteiger partial charge is 0.0624 e. The molecule has 0 bridgehead atoms. The summed E-state index contributed by atoms with van der Waals surface area (Å²) in [6.07, 6.45) is 13.9. The molecule has 6 aliphatic rings. The van der Waals surface area contributed by atoms with Crippen LogP contribution in [0.2, 0.25) is 0 Å². The lowest BCUT2D eigenvalue weighted by atomic mass is 9.55. The Bertz CT molecular complexity index is 5130. The van der Waals surface area contributed by atoms with Gasteiger partial charge in [-0.3, -0.25) is 0 Å². The molecule has 502 valence electrons. The van der Waals surface area contributed by atoms with E-state index in [0.717, 1.165) is 11.8 Å². The molecule has 18 rings (SSSR count). The van der Waals surface area contributed by atoms with Crippen LogP contribution in [0.15, 0.2) is 164 Å². The van der Waals surface area contributed by atoms with Crippen LogP contribution in [0.1, 0.15) is 195 Å². The highest BCUT2D eigenvalue weighted by atomic mass is 14.7. The average Bonchev–Trinajstić information content (AvgIpc) is 1.53. The Hall–Kier alpha value is -8.32.